The number of thioether (sulfide) groups is 1. The molecule has 122 valence electrons. The van der Waals surface area contributed by atoms with Crippen LogP contribution in [0.15, 0.2) is 64.6 Å². The summed E-state index contributed by atoms with van der Waals surface area (Å²) >= 11 is 6.61. The number of rotatable bonds is 6. The standard InChI is InChI=1S/C18H15NO3S2/c1-2-9-21-14-7-5-13(6-8-14)11-16-17(20)19(18(23)24-16)12-15-4-3-10-22-15/h2-8,10-11H,1,9,12H2/b16-11-. The molecular formula is C18H15NO3S2. The maximum Gasteiger partial charge on any atom is 0.266 e. The van der Waals surface area contributed by atoms with E-state index in [1.54, 1.807) is 23.3 Å². The van der Waals surface area contributed by atoms with Gasteiger partial charge in [0.1, 0.15) is 22.4 Å². The van der Waals surface area contributed by atoms with Crippen LogP contribution in [0.3, 0.4) is 0 Å². The number of hydrogen-bond acceptors (Lipinski definition) is 5. The molecule has 1 amide bonds. The summed E-state index contributed by atoms with van der Waals surface area (Å²) in [5, 5.41) is 0. The van der Waals surface area contributed by atoms with Crippen LogP contribution in [0.4, 0.5) is 0 Å². The molecule has 4 nitrogen and oxygen atoms in total. The van der Waals surface area contributed by atoms with Crippen LogP contribution in [0.1, 0.15) is 11.3 Å². The summed E-state index contributed by atoms with van der Waals surface area (Å²) in [5.41, 5.74) is 0.916. The fourth-order valence-corrected chi connectivity index (χ4v) is 3.42. The van der Waals surface area contributed by atoms with Crippen molar-refractivity contribution >= 4 is 40.3 Å². The molecule has 1 aliphatic heterocycles. The van der Waals surface area contributed by atoms with Crippen LogP contribution in [0.25, 0.3) is 6.08 Å². The molecule has 1 fully saturated rings. The maximum atomic E-state index is 12.5. The van der Waals surface area contributed by atoms with Crippen molar-refractivity contribution in [1.82, 2.24) is 4.90 Å². The van der Waals surface area contributed by atoms with Gasteiger partial charge < -0.3 is 9.15 Å². The van der Waals surface area contributed by atoms with E-state index in [0.29, 0.717) is 28.1 Å². The minimum absolute atomic E-state index is 0.103. The van der Waals surface area contributed by atoms with Crippen molar-refractivity contribution in [3.05, 3.63) is 71.5 Å². The summed E-state index contributed by atoms with van der Waals surface area (Å²) in [6.45, 7) is 4.43. The highest BCUT2D eigenvalue weighted by atomic mass is 32.2. The quantitative estimate of drug-likeness (QED) is 0.439. The summed E-state index contributed by atoms with van der Waals surface area (Å²) in [7, 11) is 0. The highest BCUT2D eigenvalue weighted by molar-refractivity contribution is 8.26. The number of furan rings is 1. The molecule has 2 aromatic rings. The lowest BCUT2D eigenvalue weighted by molar-refractivity contribution is -0.122. The third-order valence-corrected chi connectivity index (χ3v) is 4.69. The van der Waals surface area contributed by atoms with E-state index in [1.165, 1.54) is 11.8 Å². The molecule has 1 saturated heterocycles. The van der Waals surface area contributed by atoms with Gasteiger partial charge in [0.2, 0.25) is 0 Å². The van der Waals surface area contributed by atoms with E-state index in [2.05, 4.69) is 6.58 Å². The van der Waals surface area contributed by atoms with E-state index in [0.717, 1.165) is 11.3 Å². The third-order valence-electron chi connectivity index (χ3n) is 3.31. The smallest absolute Gasteiger partial charge is 0.266 e. The van der Waals surface area contributed by atoms with Crippen molar-refractivity contribution in [2.45, 2.75) is 6.54 Å². The van der Waals surface area contributed by atoms with Gasteiger partial charge in [-0.25, -0.2) is 0 Å². The molecule has 1 aliphatic rings. The molecule has 2 heterocycles. The van der Waals surface area contributed by atoms with Gasteiger partial charge in [-0.3, -0.25) is 9.69 Å². The Morgan fingerprint density at radius 1 is 1.29 bits per heavy atom. The van der Waals surface area contributed by atoms with E-state index in [1.807, 2.05) is 36.4 Å². The zero-order valence-electron chi connectivity index (χ0n) is 12.8. The zero-order valence-corrected chi connectivity index (χ0v) is 14.4. The van der Waals surface area contributed by atoms with Gasteiger partial charge in [0, 0.05) is 0 Å². The van der Waals surface area contributed by atoms with Gasteiger partial charge >= 0.3 is 0 Å². The molecule has 0 unspecified atom stereocenters. The Morgan fingerprint density at radius 3 is 2.75 bits per heavy atom. The van der Waals surface area contributed by atoms with E-state index in [-0.39, 0.29) is 5.91 Å². The molecule has 0 saturated carbocycles. The normalized spacial score (nSPS) is 16.0. The van der Waals surface area contributed by atoms with Crippen LogP contribution in [-0.4, -0.2) is 21.7 Å². The molecular weight excluding hydrogens is 342 g/mol. The summed E-state index contributed by atoms with van der Waals surface area (Å²) < 4.78 is 11.3. The van der Waals surface area contributed by atoms with Crippen LogP contribution in [0.2, 0.25) is 0 Å². The summed E-state index contributed by atoms with van der Waals surface area (Å²) in [6.07, 6.45) is 5.11. The Balaban J connectivity index is 1.72. The molecule has 0 bridgehead atoms. The van der Waals surface area contributed by atoms with Gasteiger partial charge in [-0.1, -0.05) is 48.8 Å². The lowest BCUT2D eigenvalue weighted by atomic mass is 10.2. The van der Waals surface area contributed by atoms with Gasteiger partial charge in [-0.05, 0) is 35.9 Å². The van der Waals surface area contributed by atoms with Crippen molar-refractivity contribution in [1.29, 1.82) is 0 Å². The maximum absolute atomic E-state index is 12.5. The van der Waals surface area contributed by atoms with Gasteiger partial charge in [0.25, 0.3) is 5.91 Å². The van der Waals surface area contributed by atoms with Crippen molar-refractivity contribution in [2.75, 3.05) is 6.61 Å². The Hall–Kier alpha value is -2.31. The van der Waals surface area contributed by atoms with Gasteiger partial charge in [0.05, 0.1) is 17.7 Å². The second kappa shape index (κ2) is 7.51. The number of benzene rings is 1. The van der Waals surface area contributed by atoms with Gasteiger partial charge in [-0.15, -0.1) is 0 Å². The van der Waals surface area contributed by atoms with Crippen molar-refractivity contribution < 1.29 is 13.9 Å². The monoisotopic (exact) mass is 357 g/mol. The second-order valence-corrected chi connectivity index (χ2v) is 6.69. The average molecular weight is 357 g/mol. The molecule has 0 aliphatic carbocycles. The van der Waals surface area contributed by atoms with Gasteiger partial charge in [0.15, 0.2) is 0 Å². The first-order chi connectivity index (χ1) is 11.7. The average Bonchev–Trinajstić information content (AvgIpc) is 3.19. The minimum atomic E-state index is -0.103. The number of hydrogen-bond donors (Lipinski definition) is 0. The molecule has 3 rings (SSSR count). The second-order valence-electron chi connectivity index (χ2n) is 5.02. The summed E-state index contributed by atoms with van der Waals surface area (Å²) in [6, 6.07) is 11.1. The van der Waals surface area contributed by atoms with Gasteiger partial charge in [-0.2, -0.15) is 0 Å². The van der Waals surface area contributed by atoms with Crippen LogP contribution in [0, 0.1) is 0 Å². The van der Waals surface area contributed by atoms with Crippen LogP contribution >= 0.6 is 24.0 Å². The Morgan fingerprint density at radius 2 is 2.08 bits per heavy atom. The van der Waals surface area contributed by atoms with E-state index in [4.69, 9.17) is 21.4 Å². The van der Waals surface area contributed by atoms with E-state index >= 15 is 0 Å². The molecule has 0 N–H and O–H groups in total. The number of thiocarbonyl (C=S) groups is 1. The molecule has 0 spiro atoms. The topological polar surface area (TPSA) is 42.7 Å². The number of carbonyl (C=O) groups is 1. The predicted molar refractivity (Wildman–Crippen MR) is 99.6 cm³/mol. The SMILES string of the molecule is C=CCOc1ccc(/C=C2\SC(=S)N(Cc3ccco3)C2=O)cc1. The summed E-state index contributed by atoms with van der Waals surface area (Å²) in [4.78, 5) is 14.7. The van der Waals surface area contributed by atoms with Crippen LogP contribution < -0.4 is 4.74 Å². The van der Waals surface area contributed by atoms with Crippen molar-refractivity contribution in [3.8, 4) is 5.75 Å². The van der Waals surface area contributed by atoms with Crippen molar-refractivity contribution in [2.24, 2.45) is 0 Å². The van der Waals surface area contributed by atoms with E-state index in [9.17, 15) is 4.79 Å². The largest absolute Gasteiger partial charge is 0.490 e. The Labute approximate surface area is 149 Å². The highest BCUT2D eigenvalue weighted by Crippen LogP contribution is 2.33. The predicted octanol–water partition coefficient (Wildman–Crippen LogP) is 4.25. The molecule has 1 aromatic carbocycles. The number of amides is 1. The van der Waals surface area contributed by atoms with E-state index < -0.39 is 0 Å². The first-order valence-corrected chi connectivity index (χ1v) is 8.51. The Bertz CT molecular complexity index is 779. The molecule has 24 heavy (non-hydrogen) atoms. The van der Waals surface area contributed by atoms with Crippen molar-refractivity contribution in [3.63, 3.8) is 0 Å². The molecule has 0 radical (unpaired) electrons. The fraction of sp³-hybridized carbons (Fsp3) is 0.111. The van der Waals surface area contributed by atoms with Crippen LogP contribution in [0.5, 0.6) is 5.75 Å². The number of nitrogens with zero attached hydrogens (tertiary/aromatic N) is 1. The third kappa shape index (κ3) is 3.77. The molecule has 6 heteroatoms. The lowest BCUT2D eigenvalue weighted by Gasteiger charge is -2.11. The zero-order chi connectivity index (χ0) is 16.9. The molecule has 0 atom stereocenters. The fourth-order valence-electron chi connectivity index (χ4n) is 2.16. The first-order valence-electron chi connectivity index (χ1n) is 7.29. The highest BCUT2D eigenvalue weighted by Gasteiger charge is 2.32. The molecule has 1 aromatic heterocycles. The number of carbonyl (C=O) groups excluding carboxylic acids is 1. The lowest BCUT2D eigenvalue weighted by Crippen LogP contribution is -2.27. The first kappa shape index (κ1) is 16.5. The number of ether oxygens (including phenoxy) is 1. The van der Waals surface area contributed by atoms with Crippen LogP contribution in [-0.2, 0) is 11.3 Å². The summed E-state index contributed by atoms with van der Waals surface area (Å²) in [5.74, 6) is 1.36. The minimum Gasteiger partial charge on any atom is -0.490 e. The Kier molecular flexibility index (Phi) is 5.17.